The van der Waals surface area contributed by atoms with Gasteiger partial charge in [-0.05, 0) is 56.2 Å². The van der Waals surface area contributed by atoms with Gasteiger partial charge in [-0.2, -0.15) is 5.10 Å². The molecule has 7 nitrogen and oxygen atoms in total. The molecule has 1 unspecified atom stereocenters. The molecule has 0 aliphatic carbocycles. The van der Waals surface area contributed by atoms with E-state index in [1.807, 2.05) is 43.3 Å². The number of amides is 1. The van der Waals surface area contributed by atoms with Crippen LogP contribution in [0.15, 0.2) is 41.8 Å². The molecular formula is C23H27N5O2S. The Kier molecular flexibility index (Phi) is 6.76. The number of thiazole rings is 1. The Hall–Kier alpha value is -3.00. The van der Waals surface area contributed by atoms with Crippen molar-refractivity contribution in [3.63, 3.8) is 0 Å². The number of hydrogen-bond donors (Lipinski definition) is 1. The van der Waals surface area contributed by atoms with Gasteiger partial charge in [0.1, 0.15) is 10.8 Å². The number of nitrogens with zero attached hydrogens (tertiary/aromatic N) is 4. The third-order valence-corrected chi connectivity index (χ3v) is 6.41. The summed E-state index contributed by atoms with van der Waals surface area (Å²) in [6.07, 6.45) is 2.60. The molecule has 1 aliphatic heterocycles. The minimum Gasteiger partial charge on any atom is -0.497 e. The summed E-state index contributed by atoms with van der Waals surface area (Å²) in [5.41, 5.74) is 2.96. The summed E-state index contributed by atoms with van der Waals surface area (Å²) in [4.78, 5) is 19.6. The van der Waals surface area contributed by atoms with Crippen molar-refractivity contribution in [1.82, 2.24) is 20.5 Å². The number of aromatic nitrogens is 3. The van der Waals surface area contributed by atoms with E-state index in [-0.39, 0.29) is 11.8 Å². The topological polar surface area (TPSA) is 80.2 Å². The van der Waals surface area contributed by atoms with Gasteiger partial charge >= 0.3 is 0 Å². The lowest BCUT2D eigenvalue weighted by atomic mass is 9.97. The highest BCUT2D eigenvalue weighted by Crippen LogP contribution is 2.26. The number of methoxy groups -OCH3 is 1. The average Bonchev–Trinajstić information content (AvgIpc) is 3.28. The number of benzene rings is 1. The zero-order valence-electron chi connectivity index (χ0n) is 17.9. The summed E-state index contributed by atoms with van der Waals surface area (Å²) in [6, 6.07) is 11.8. The third-order valence-electron chi connectivity index (χ3n) is 5.47. The minimum atomic E-state index is -0.0258. The van der Waals surface area contributed by atoms with Crippen molar-refractivity contribution in [2.24, 2.45) is 5.92 Å². The molecule has 31 heavy (non-hydrogen) atoms. The molecule has 0 radical (unpaired) electrons. The van der Waals surface area contributed by atoms with Crippen molar-refractivity contribution < 1.29 is 9.53 Å². The van der Waals surface area contributed by atoms with Crippen molar-refractivity contribution in [3.05, 3.63) is 53.2 Å². The average molecular weight is 438 g/mol. The van der Waals surface area contributed by atoms with E-state index in [0.717, 1.165) is 59.3 Å². The zero-order valence-corrected chi connectivity index (χ0v) is 18.7. The number of anilines is 1. The smallest absolute Gasteiger partial charge is 0.224 e. The molecule has 0 spiro atoms. The van der Waals surface area contributed by atoms with Crippen molar-refractivity contribution in [2.75, 3.05) is 31.6 Å². The molecule has 1 atom stereocenters. The molecule has 2 aromatic heterocycles. The first-order valence-corrected chi connectivity index (χ1v) is 11.4. The van der Waals surface area contributed by atoms with Gasteiger partial charge in [-0.15, -0.1) is 16.4 Å². The summed E-state index contributed by atoms with van der Waals surface area (Å²) in [5, 5.41) is 14.5. The maximum absolute atomic E-state index is 12.7. The largest absolute Gasteiger partial charge is 0.497 e. The number of rotatable bonds is 7. The Labute approximate surface area is 186 Å². The van der Waals surface area contributed by atoms with Gasteiger partial charge in [-0.1, -0.05) is 0 Å². The van der Waals surface area contributed by atoms with E-state index in [4.69, 9.17) is 9.72 Å². The Morgan fingerprint density at radius 2 is 2.06 bits per heavy atom. The second kappa shape index (κ2) is 9.87. The van der Waals surface area contributed by atoms with Crippen molar-refractivity contribution in [3.8, 4) is 16.3 Å². The fourth-order valence-corrected chi connectivity index (χ4v) is 4.57. The van der Waals surface area contributed by atoms with Crippen LogP contribution in [0, 0.1) is 12.8 Å². The molecule has 1 amide bonds. The lowest BCUT2D eigenvalue weighted by Crippen LogP contribution is -2.43. The molecule has 8 heteroatoms. The molecular weight excluding hydrogens is 410 g/mol. The highest BCUT2D eigenvalue weighted by Gasteiger charge is 2.26. The summed E-state index contributed by atoms with van der Waals surface area (Å²) in [7, 11) is 1.66. The van der Waals surface area contributed by atoms with Gasteiger partial charge in [-0.25, -0.2) is 4.98 Å². The molecule has 3 heterocycles. The van der Waals surface area contributed by atoms with E-state index in [9.17, 15) is 4.79 Å². The van der Waals surface area contributed by atoms with Crippen LogP contribution in [0.4, 0.5) is 5.82 Å². The van der Waals surface area contributed by atoms with Gasteiger partial charge in [0.05, 0.1) is 24.4 Å². The van der Waals surface area contributed by atoms with E-state index in [1.165, 1.54) is 0 Å². The number of carbonyl (C=O) groups excluding carboxylic acids is 1. The molecule has 0 saturated carbocycles. The van der Waals surface area contributed by atoms with E-state index in [1.54, 1.807) is 18.4 Å². The van der Waals surface area contributed by atoms with Crippen molar-refractivity contribution in [2.45, 2.75) is 26.2 Å². The fraction of sp³-hybridized carbons (Fsp3) is 0.391. The van der Waals surface area contributed by atoms with Crippen LogP contribution in [0.3, 0.4) is 0 Å². The van der Waals surface area contributed by atoms with E-state index >= 15 is 0 Å². The van der Waals surface area contributed by atoms with Gasteiger partial charge in [0.25, 0.3) is 0 Å². The minimum absolute atomic E-state index is 0.0258. The molecule has 1 saturated heterocycles. The Morgan fingerprint density at radius 1 is 1.23 bits per heavy atom. The quantitative estimate of drug-likeness (QED) is 0.609. The van der Waals surface area contributed by atoms with E-state index in [2.05, 4.69) is 25.8 Å². The number of aryl methyl sites for hydroxylation is 1. The second-order valence-corrected chi connectivity index (χ2v) is 8.59. The monoisotopic (exact) mass is 437 g/mol. The lowest BCUT2D eigenvalue weighted by molar-refractivity contribution is -0.125. The van der Waals surface area contributed by atoms with Crippen LogP contribution in [-0.2, 0) is 11.2 Å². The van der Waals surface area contributed by atoms with Crippen LogP contribution in [0.25, 0.3) is 10.6 Å². The number of hydrogen-bond acceptors (Lipinski definition) is 7. The third kappa shape index (κ3) is 5.38. The summed E-state index contributed by atoms with van der Waals surface area (Å²) < 4.78 is 5.21. The van der Waals surface area contributed by atoms with E-state index in [0.29, 0.717) is 13.1 Å². The molecule has 1 fully saturated rings. The lowest BCUT2D eigenvalue weighted by Gasteiger charge is -2.32. The van der Waals surface area contributed by atoms with Gasteiger partial charge < -0.3 is 15.0 Å². The number of nitrogens with one attached hydrogen (secondary N) is 1. The maximum atomic E-state index is 12.7. The Balaban J connectivity index is 1.27. The number of ether oxygens (including phenoxy) is 1. The molecule has 1 N–H and O–H groups in total. The van der Waals surface area contributed by atoms with Crippen molar-refractivity contribution in [1.29, 1.82) is 0 Å². The van der Waals surface area contributed by atoms with Crippen LogP contribution in [0.2, 0.25) is 0 Å². The highest BCUT2D eigenvalue weighted by atomic mass is 32.1. The first-order valence-electron chi connectivity index (χ1n) is 10.5. The number of carbonyl (C=O) groups is 1. The Bertz CT molecular complexity index is 1000. The van der Waals surface area contributed by atoms with Crippen LogP contribution in [-0.4, -0.2) is 47.8 Å². The van der Waals surface area contributed by atoms with Crippen LogP contribution >= 0.6 is 11.3 Å². The molecule has 0 bridgehead atoms. The van der Waals surface area contributed by atoms with Gasteiger partial charge in [0.15, 0.2) is 5.82 Å². The van der Waals surface area contributed by atoms with E-state index < -0.39 is 0 Å². The first kappa shape index (κ1) is 21.2. The highest BCUT2D eigenvalue weighted by molar-refractivity contribution is 7.13. The maximum Gasteiger partial charge on any atom is 0.224 e. The predicted octanol–water partition coefficient (Wildman–Crippen LogP) is 3.49. The van der Waals surface area contributed by atoms with Crippen LogP contribution in [0.5, 0.6) is 5.75 Å². The Morgan fingerprint density at radius 3 is 2.81 bits per heavy atom. The normalized spacial score (nSPS) is 16.2. The zero-order chi connectivity index (χ0) is 21.6. The number of piperidine rings is 1. The standard InChI is InChI=1S/C23H27N5O2S/c1-16-5-10-21(27-26-16)28-13-3-4-18(14-28)22(29)24-12-11-19-15-31-23(25-19)17-6-8-20(30-2)9-7-17/h5-10,15,18H,3-4,11-14H2,1-2H3,(H,24,29). The summed E-state index contributed by atoms with van der Waals surface area (Å²) in [6.45, 7) is 4.10. The van der Waals surface area contributed by atoms with Crippen molar-refractivity contribution >= 4 is 23.1 Å². The predicted molar refractivity (Wildman–Crippen MR) is 123 cm³/mol. The van der Waals surface area contributed by atoms with Crippen LogP contribution < -0.4 is 15.0 Å². The molecule has 1 aliphatic rings. The molecule has 4 rings (SSSR count). The molecule has 3 aromatic rings. The summed E-state index contributed by atoms with van der Waals surface area (Å²) >= 11 is 1.62. The summed E-state index contributed by atoms with van der Waals surface area (Å²) in [5.74, 6) is 1.76. The van der Waals surface area contributed by atoms with Crippen LogP contribution in [0.1, 0.15) is 24.2 Å². The van der Waals surface area contributed by atoms with Gasteiger partial charge in [-0.3, -0.25) is 4.79 Å². The van der Waals surface area contributed by atoms with Gasteiger partial charge in [0, 0.05) is 37.0 Å². The molecule has 1 aromatic carbocycles. The first-order chi connectivity index (χ1) is 15.1. The SMILES string of the molecule is COc1ccc(-c2nc(CCNC(=O)C3CCCN(c4ccc(C)nn4)C3)cs2)cc1. The fourth-order valence-electron chi connectivity index (χ4n) is 3.71. The molecule has 162 valence electrons. The van der Waals surface area contributed by atoms with Gasteiger partial charge in [0.2, 0.25) is 5.91 Å². The second-order valence-electron chi connectivity index (χ2n) is 7.73.